The first kappa shape index (κ1) is 12.1. The molecule has 3 heteroatoms. The van der Waals surface area contributed by atoms with Crippen molar-refractivity contribution in [2.75, 3.05) is 13.6 Å². The maximum atomic E-state index is 10.7. The highest BCUT2D eigenvalue weighted by Gasteiger charge is 2.33. The molecule has 0 fully saturated rings. The Balaban J connectivity index is 2.33. The minimum atomic E-state index is -0.639. The average molecular weight is 284 g/mol. The smallest absolute Gasteiger partial charge is 0.0911 e. The Hall–Kier alpha value is -0.380. The lowest BCUT2D eigenvalue weighted by molar-refractivity contribution is 0.0108. The molecule has 1 unspecified atom stereocenters. The van der Waals surface area contributed by atoms with Crippen LogP contribution >= 0.6 is 15.9 Å². The van der Waals surface area contributed by atoms with Gasteiger partial charge in [0.15, 0.2) is 0 Å². The quantitative estimate of drug-likeness (QED) is 0.894. The minimum absolute atomic E-state index is 0.639. The maximum Gasteiger partial charge on any atom is 0.0911 e. The minimum Gasteiger partial charge on any atom is -0.385 e. The van der Waals surface area contributed by atoms with E-state index in [2.05, 4.69) is 39.4 Å². The van der Waals surface area contributed by atoms with E-state index in [0.717, 1.165) is 42.3 Å². The van der Waals surface area contributed by atoms with Crippen molar-refractivity contribution in [2.45, 2.75) is 31.3 Å². The molecule has 1 aliphatic carbocycles. The van der Waals surface area contributed by atoms with Crippen LogP contribution in [0.25, 0.3) is 0 Å². The molecule has 16 heavy (non-hydrogen) atoms. The molecule has 1 aromatic carbocycles. The average Bonchev–Trinajstić information content (AvgIpc) is 2.28. The van der Waals surface area contributed by atoms with Crippen molar-refractivity contribution in [3.63, 3.8) is 0 Å². The van der Waals surface area contributed by atoms with Gasteiger partial charge in [0.2, 0.25) is 0 Å². The van der Waals surface area contributed by atoms with Gasteiger partial charge in [-0.3, -0.25) is 0 Å². The van der Waals surface area contributed by atoms with Crippen LogP contribution in [0.5, 0.6) is 0 Å². The fraction of sp³-hybridized carbons (Fsp3) is 0.538. The van der Waals surface area contributed by atoms with Crippen LogP contribution in [-0.4, -0.2) is 18.7 Å². The summed E-state index contributed by atoms with van der Waals surface area (Å²) in [6, 6.07) is 6.26. The number of fused-ring (bicyclic) bond motifs is 1. The van der Waals surface area contributed by atoms with E-state index in [4.69, 9.17) is 0 Å². The Labute approximate surface area is 105 Å². The summed E-state index contributed by atoms with van der Waals surface area (Å²) in [5.41, 5.74) is 1.77. The zero-order valence-electron chi connectivity index (χ0n) is 9.59. The van der Waals surface area contributed by atoms with Gasteiger partial charge < -0.3 is 10.4 Å². The number of halogens is 1. The third kappa shape index (κ3) is 2.31. The maximum absolute atomic E-state index is 10.7. The molecule has 1 aliphatic rings. The predicted molar refractivity (Wildman–Crippen MR) is 69.5 cm³/mol. The van der Waals surface area contributed by atoms with E-state index in [1.807, 2.05) is 7.05 Å². The van der Waals surface area contributed by atoms with Crippen molar-refractivity contribution in [3.8, 4) is 0 Å². The van der Waals surface area contributed by atoms with Gasteiger partial charge in [-0.25, -0.2) is 0 Å². The van der Waals surface area contributed by atoms with Crippen LogP contribution in [0.2, 0.25) is 0 Å². The number of aliphatic hydroxyl groups is 1. The van der Waals surface area contributed by atoms with Gasteiger partial charge in [0.25, 0.3) is 0 Å². The summed E-state index contributed by atoms with van der Waals surface area (Å²) in [7, 11) is 1.92. The molecule has 2 nitrogen and oxygen atoms in total. The third-order valence-electron chi connectivity index (χ3n) is 3.40. The molecular formula is C13H18BrNO. The molecule has 0 radical (unpaired) electrons. The lowest BCUT2D eigenvalue weighted by atomic mass is 9.77. The van der Waals surface area contributed by atoms with E-state index in [1.54, 1.807) is 0 Å². The second-order valence-corrected chi connectivity index (χ2v) is 5.46. The highest BCUT2D eigenvalue weighted by Crippen LogP contribution is 2.38. The number of benzene rings is 1. The van der Waals surface area contributed by atoms with Gasteiger partial charge in [-0.2, -0.15) is 0 Å². The summed E-state index contributed by atoms with van der Waals surface area (Å²) in [6.07, 6.45) is 3.82. The van der Waals surface area contributed by atoms with Crippen LogP contribution in [0.4, 0.5) is 0 Å². The molecule has 0 heterocycles. The molecule has 1 atom stereocenters. The molecule has 0 aromatic heterocycles. The molecule has 0 spiro atoms. The Morgan fingerprint density at radius 1 is 1.50 bits per heavy atom. The number of hydrogen-bond acceptors (Lipinski definition) is 2. The van der Waals surface area contributed by atoms with Gasteiger partial charge in [-0.15, -0.1) is 0 Å². The first-order valence-corrected chi connectivity index (χ1v) is 6.61. The largest absolute Gasteiger partial charge is 0.385 e. The molecular weight excluding hydrogens is 266 g/mol. The van der Waals surface area contributed by atoms with Crippen molar-refractivity contribution in [1.29, 1.82) is 0 Å². The molecule has 88 valence electrons. The fourth-order valence-electron chi connectivity index (χ4n) is 2.50. The molecule has 0 bridgehead atoms. The van der Waals surface area contributed by atoms with E-state index in [1.165, 1.54) is 5.56 Å². The number of aryl methyl sites for hydroxylation is 1. The SMILES string of the molecule is CNCCC1(O)CCCc2ccc(Br)cc21. The molecule has 2 N–H and O–H groups in total. The summed E-state index contributed by atoms with van der Waals surface area (Å²) >= 11 is 3.48. The summed E-state index contributed by atoms with van der Waals surface area (Å²) in [6.45, 7) is 0.850. The van der Waals surface area contributed by atoms with Crippen LogP contribution < -0.4 is 5.32 Å². The van der Waals surface area contributed by atoms with E-state index in [9.17, 15) is 5.11 Å². The van der Waals surface area contributed by atoms with Crippen molar-refractivity contribution < 1.29 is 5.11 Å². The first-order chi connectivity index (χ1) is 7.65. The topological polar surface area (TPSA) is 32.3 Å². The Morgan fingerprint density at radius 3 is 3.06 bits per heavy atom. The summed E-state index contributed by atoms with van der Waals surface area (Å²) in [5, 5.41) is 13.8. The monoisotopic (exact) mass is 283 g/mol. The van der Waals surface area contributed by atoms with Crippen LogP contribution in [0.1, 0.15) is 30.4 Å². The Kier molecular flexibility index (Phi) is 3.67. The molecule has 0 amide bonds. The van der Waals surface area contributed by atoms with E-state index < -0.39 is 5.60 Å². The van der Waals surface area contributed by atoms with Crippen LogP contribution in [0.3, 0.4) is 0 Å². The van der Waals surface area contributed by atoms with E-state index >= 15 is 0 Å². The van der Waals surface area contributed by atoms with Crippen molar-refractivity contribution >= 4 is 15.9 Å². The summed E-state index contributed by atoms with van der Waals surface area (Å²) < 4.78 is 1.05. The highest BCUT2D eigenvalue weighted by atomic mass is 79.9. The van der Waals surface area contributed by atoms with Gasteiger partial charge in [0.1, 0.15) is 0 Å². The molecule has 1 aromatic rings. The summed E-state index contributed by atoms with van der Waals surface area (Å²) in [5.74, 6) is 0. The molecule has 0 saturated carbocycles. The van der Waals surface area contributed by atoms with Crippen LogP contribution in [0.15, 0.2) is 22.7 Å². The Bertz CT molecular complexity index is 380. The number of hydrogen-bond donors (Lipinski definition) is 2. The molecule has 2 rings (SSSR count). The van der Waals surface area contributed by atoms with Gasteiger partial charge in [0, 0.05) is 4.47 Å². The van der Waals surface area contributed by atoms with Crippen molar-refractivity contribution in [3.05, 3.63) is 33.8 Å². The third-order valence-corrected chi connectivity index (χ3v) is 3.89. The van der Waals surface area contributed by atoms with Gasteiger partial charge in [0.05, 0.1) is 5.60 Å². The Morgan fingerprint density at radius 2 is 2.31 bits per heavy atom. The van der Waals surface area contributed by atoms with Crippen LogP contribution in [0, 0.1) is 0 Å². The van der Waals surface area contributed by atoms with Crippen LogP contribution in [-0.2, 0) is 12.0 Å². The highest BCUT2D eigenvalue weighted by molar-refractivity contribution is 9.10. The standard InChI is InChI=1S/C13H18BrNO/c1-15-8-7-13(16)6-2-3-10-4-5-11(14)9-12(10)13/h4-5,9,15-16H,2-3,6-8H2,1H3. The van der Waals surface area contributed by atoms with Crippen molar-refractivity contribution in [2.24, 2.45) is 0 Å². The van der Waals surface area contributed by atoms with E-state index in [0.29, 0.717) is 0 Å². The normalized spacial score (nSPS) is 24.2. The zero-order valence-corrected chi connectivity index (χ0v) is 11.2. The predicted octanol–water partition coefficient (Wildman–Crippen LogP) is 2.58. The molecule has 0 saturated heterocycles. The second-order valence-electron chi connectivity index (χ2n) is 4.54. The molecule has 0 aliphatic heterocycles. The fourth-order valence-corrected chi connectivity index (χ4v) is 2.86. The summed E-state index contributed by atoms with van der Waals surface area (Å²) in [4.78, 5) is 0. The van der Waals surface area contributed by atoms with Gasteiger partial charge >= 0.3 is 0 Å². The zero-order chi connectivity index (χ0) is 11.6. The lowest BCUT2D eigenvalue weighted by Crippen LogP contribution is -2.33. The lowest BCUT2D eigenvalue weighted by Gasteiger charge is -2.34. The van der Waals surface area contributed by atoms with Crippen molar-refractivity contribution in [1.82, 2.24) is 5.32 Å². The second kappa shape index (κ2) is 4.86. The number of nitrogens with one attached hydrogen (secondary N) is 1. The van der Waals surface area contributed by atoms with Gasteiger partial charge in [-0.1, -0.05) is 22.0 Å². The first-order valence-electron chi connectivity index (χ1n) is 5.81. The van der Waals surface area contributed by atoms with Gasteiger partial charge in [-0.05, 0) is 62.5 Å². The number of rotatable bonds is 3. The van der Waals surface area contributed by atoms with E-state index in [-0.39, 0.29) is 0 Å².